The number of anilines is 2. The van der Waals surface area contributed by atoms with E-state index in [-0.39, 0.29) is 5.91 Å². The van der Waals surface area contributed by atoms with Gasteiger partial charge >= 0.3 is 0 Å². The van der Waals surface area contributed by atoms with Gasteiger partial charge in [0.1, 0.15) is 5.75 Å². The van der Waals surface area contributed by atoms with Crippen molar-refractivity contribution in [2.45, 2.75) is 18.3 Å². The number of hydrogen-bond acceptors (Lipinski definition) is 3. The lowest BCUT2D eigenvalue weighted by Gasteiger charge is -2.17. The SMILES string of the molecule is COc1ccc(N)cc1NC(=O)C1(c2ccccc2)CC1. The summed E-state index contributed by atoms with van der Waals surface area (Å²) in [4.78, 5) is 12.7. The average Bonchev–Trinajstić information content (AvgIpc) is 3.30. The first-order valence-electron chi connectivity index (χ1n) is 6.96. The van der Waals surface area contributed by atoms with E-state index in [9.17, 15) is 4.79 Å². The maximum absolute atomic E-state index is 12.7. The molecule has 1 amide bonds. The van der Waals surface area contributed by atoms with Crippen LogP contribution >= 0.6 is 0 Å². The van der Waals surface area contributed by atoms with Gasteiger partial charge in [0.15, 0.2) is 0 Å². The van der Waals surface area contributed by atoms with Crippen LogP contribution in [-0.4, -0.2) is 13.0 Å². The van der Waals surface area contributed by atoms with Crippen LogP contribution in [0.15, 0.2) is 48.5 Å². The molecule has 1 aliphatic carbocycles. The van der Waals surface area contributed by atoms with Gasteiger partial charge in [-0.15, -0.1) is 0 Å². The molecule has 2 aromatic carbocycles. The molecule has 0 unspecified atom stereocenters. The number of rotatable bonds is 4. The lowest BCUT2D eigenvalue weighted by atomic mass is 9.95. The average molecular weight is 282 g/mol. The molecule has 0 atom stereocenters. The summed E-state index contributed by atoms with van der Waals surface area (Å²) in [5.74, 6) is 0.610. The Morgan fingerprint density at radius 1 is 1.19 bits per heavy atom. The molecule has 0 aliphatic heterocycles. The van der Waals surface area contributed by atoms with Crippen LogP contribution in [-0.2, 0) is 10.2 Å². The minimum Gasteiger partial charge on any atom is -0.495 e. The van der Waals surface area contributed by atoms with Crippen LogP contribution in [0.5, 0.6) is 5.75 Å². The second-order valence-corrected chi connectivity index (χ2v) is 5.36. The third kappa shape index (κ3) is 2.44. The number of benzene rings is 2. The van der Waals surface area contributed by atoms with E-state index >= 15 is 0 Å². The number of ether oxygens (including phenoxy) is 1. The maximum Gasteiger partial charge on any atom is 0.235 e. The molecule has 1 saturated carbocycles. The van der Waals surface area contributed by atoms with Crippen LogP contribution in [0.4, 0.5) is 11.4 Å². The highest BCUT2D eigenvalue weighted by atomic mass is 16.5. The van der Waals surface area contributed by atoms with Gasteiger partial charge in [0.25, 0.3) is 0 Å². The molecule has 4 nitrogen and oxygen atoms in total. The Morgan fingerprint density at radius 3 is 2.52 bits per heavy atom. The number of nitrogen functional groups attached to an aromatic ring is 1. The molecule has 108 valence electrons. The number of methoxy groups -OCH3 is 1. The lowest BCUT2D eigenvalue weighted by molar-refractivity contribution is -0.118. The predicted octanol–water partition coefficient (Wildman–Crippen LogP) is 2.95. The van der Waals surface area contributed by atoms with Gasteiger partial charge in [-0.1, -0.05) is 30.3 Å². The summed E-state index contributed by atoms with van der Waals surface area (Å²) >= 11 is 0. The van der Waals surface area contributed by atoms with E-state index in [1.165, 1.54) is 0 Å². The van der Waals surface area contributed by atoms with Crippen molar-refractivity contribution in [1.82, 2.24) is 0 Å². The Hall–Kier alpha value is -2.49. The normalized spacial score (nSPS) is 15.3. The largest absolute Gasteiger partial charge is 0.495 e. The van der Waals surface area contributed by atoms with Crippen LogP contribution in [0.25, 0.3) is 0 Å². The van der Waals surface area contributed by atoms with E-state index < -0.39 is 5.41 Å². The predicted molar refractivity (Wildman–Crippen MR) is 83.4 cm³/mol. The molecule has 0 radical (unpaired) electrons. The minimum atomic E-state index is -0.406. The first-order valence-corrected chi connectivity index (χ1v) is 6.96. The summed E-state index contributed by atoms with van der Waals surface area (Å²) in [5, 5.41) is 2.96. The highest BCUT2D eigenvalue weighted by molar-refractivity contribution is 6.02. The van der Waals surface area contributed by atoms with Crippen molar-refractivity contribution in [3.63, 3.8) is 0 Å². The molecule has 2 aromatic rings. The Morgan fingerprint density at radius 2 is 1.90 bits per heavy atom. The van der Waals surface area contributed by atoms with E-state index in [4.69, 9.17) is 10.5 Å². The van der Waals surface area contributed by atoms with Crippen LogP contribution in [0.2, 0.25) is 0 Å². The molecule has 1 fully saturated rings. The zero-order valence-electron chi connectivity index (χ0n) is 11.9. The number of nitrogens with one attached hydrogen (secondary N) is 1. The Balaban J connectivity index is 1.86. The van der Waals surface area contributed by atoms with Gasteiger partial charge in [-0.25, -0.2) is 0 Å². The summed E-state index contributed by atoms with van der Waals surface area (Å²) < 4.78 is 5.27. The summed E-state index contributed by atoms with van der Waals surface area (Å²) in [7, 11) is 1.57. The first-order chi connectivity index (χ1) is 10.2. The molecule has 21 heavy (non-hydrogen) atoms. The molecule has 0 spiro atoms. The highest BCUT2D eigenvalue weighted by Gasteiger charge is 2.51. The van der Waals surface area contributed by atoms with Crippen molar-refractivity contribution >= 4 is 17.3 Å². The van der Waals surface area contributed by atoms with E-state index in [2.05, 4.69) is 5.32 Å². The number of amides is 1. The second-order valence-electron chi connectivity index (χ2n) is 5.36. The Kier molecular flexibility index (Phi) is 3.29. The van der Waals surface area contributed by atoms with Crippen molar-refractivity contribution in [3.05, 3.63) is 54.1 Å². The Bertz CT molecular complexity index is 664. The van der Waals surface area contributed by atoms with E-state index in [0.717, 1.165) is 18.4 Å². The molecular weight excluding hydrogens is 264 g/mol. The quantitative estimate of drug-likeness (QED) is 0.847. The summed E-state index contributed by atoms with van der Waals surface area (Å²) in [6.45, 7) is 0. The molecule has 0 heterocycles. The van der Waals surface area contributed by atoms with Crippen LogP contribution in [0, 0.1) is 0 Å². The zero-order chi connectivity index (χ0) is 14.9. The molecule has 1 aliphatic rings. The van der Waals surface area contributed by atoms with Crippen molar-refractivity contribution in [2.75, 3.05) is 18.2 Å². The molecular formula is C17H18N2O2. The number of hydrogen-bond donors (Lipinski definition) is 2. The summed E-state index contributed by atoms with van der Waals surface area (Å²) in [6, 6.07) is 15.1. The number of nitrogens with two attached hydrogens (primary N) is 1. The number of carbonyl (C=O) groups is 1. The molecule has 0 saturated heterocycles. The van der Waals surface area contributed by atoms with E-state index in [0.29, 0.717) is 17.1 Å². The lowest BCUT2D eigenvalue weighted by Crippen LogP contribution is -2.28. The fraction of sp³-hybridized carbons (Fsp3) is 0.235. The third-order valence-electron chi connectivity index (χ3n) is 3.98. The van der Waals surface area contributed by atoms with E-state index in [1.54, 1.807) is 25.3 Å². The van der Waals surface area contributed by atoms with Crippen LogP contribution in [0.3, 0.4) is 0 Å². The molecule has 0 bridgehead atoms. The highest BCUT2D eigenvalue weighted by Crippen LogP contribution is 2.49. The first kappa shape index (κ1) is 13.5. The van der Waals surface area contributed by atoms with Gasteiger partial charge in [0.05, 0.1) is 18.2 Å². The minimum absolute atomic E-state index is 0.00222. The van der Waals surface area contributed by atoms with Gasteiger partial charge in [0.2, 0.25) is 5.91 Å². The fourth-order valence-electron chi connectivity index (χ4n) is 2.59. The summed E-state index contributed by atoms with van der Waals surface area (Å²) in [6.07, 6.45) is 1.74. The van der Waals surface area contributed by atoms with Crippen molar-refractivity contribution < 1.29 is 9.53 Å². The van der Waals surface area contributed by atoms with E-state index in [1.807, 2.05) is 30.3 Å². The molecule has 4 heteroatoms. The van der Waals surface area contributed by atoms with Crippen LogP contribution in [0.1, 0.15) is 18.4 Å². The second kappa shape index (κ2) is 5.13. The maximum atomic E-state index is 12.7. The molecule has 3 rings (SSSR count). The molecule has 0 aromatic heterocycles. The topological polar surface area (TPSA) is 64.3 Å². The van der Waals surface area contributed by atoms with Crippen molar-refractivity contribution in [2.24, 2.45) is 0 Å². The van der Waals surface area contributed by atoms with Gasteiger partial charge < -0.3 is 15.8 Å². The monoisotopic (exact) mass is 282 g/mol. The standard InChI is InChI=1S/C17H18N2O2/c1-21-15-8-7-13(18)11-14(15)19-16(20)17(9-10-17)12-5-3-2-4-6-12/h2-8,11H,9-10,18H2,1H3,(H,19,20). The van der Waals surface area contributed by atoms with Crippen molar-refractivity contribution in [3.8, 4) is 5.75 Å². The molecule has 3 N–H and O–H groups in total. The fourth-order valence-corrected chi connectivity index (χ4v) is 2.59. The van der Waals surface area contributed by atoms with Crippen molar-refractivity contribution in [1.29, 1.82) is 0 Å². The summed E-state index contributed by atoms with van der Waals surface area (Å²) in [5.41, 5.74) is 7.65. The van der Waals surface area contributed by atoms with Gasteiger partial charge in [-0.05, 0) is 36.6 Å². The zero-order valence-corrected chi connectivity index (χ0v) is 11.9. The van der Waals surface area contributed by atoms with Gasteiger partial charge in [-0.2, -0.15) is 0 Å². The van der Waals surface area contributed by atoms with Gasteiger partial charge in [0, 0.05) is 5.69 Å². The number of carbonyl (C=O) groups excluding carboxylic acids is 1. The smallest absolute Gasteiger partial charge is 0.235 e. The Labute approximate surface area is 123 Å². The van der Waals surface area contributed by atoms with Crippen LogP contribution < -0.4 is 15.8 Å². The third-order valence-corrected chi connectivity index (χ3v) is 3.98. The van der Waals surface area contributed by atoms with Gasteiger partial charge in [-0.3, -0.25) is 4.79 Å².